The molecule has 8 nitrogen and oxygen atoms in total. The third-order valence-electron chi connectivity index (χ3n) is 5.55. The second-order valence-corrected chi connectivity index (χ2v) is 7.78. The molecule has 0 aliphatic carbocycles. The average molecular weight is 437 g/mol. The normalized spacial score (nSPS) is 16.8. The second-order valence-electron chi connectivity index (χ2n) is 7.78. The Morgan fingerprint density at radius 2 is 1.78 bits per heavy atom. The zero-order chi connectivity index (χ0) is 22.3. The van der Waals surface area contributed by atoms with Gasteiger partial charge in [0.2, 0.25) is 18.6 Å². The van der Waals surface area contributed by atoms with E-state index in [0.29, 0.717) is 26.2 Å². The van der Waals surface area contributed by atoms with Gasteiger partial charge in [0.25, 0.3) is 0 Å². The van der Waals surface area contributed by atoms with E-state index in [-0.39, 0.29) is 12.7 Å². The van der Waals surface area contributed by atoms with Crippen LogP contribution in [-0.2, 0) is 16.1 Å². The Balaban J connectivity index is 1.26. The summed E-state index contributed by atoms with van der Waals surface area (Å²) >= 11 is 0. The van der Waals surface area contributed by atoms with Crippen molar-refractivity contribution >= 4 is 17.9 Å². The van der Waals surface area contributed by atoms with E-state index >= 15 is 0 Å². The van der Waals surface area contributed by atoms with Gasteiger partial charge >= 0.3 is 0 Å². The van der Waals surface area contributed by atoms with Crippen molar-refractivity contribution in [3.05, 3.63) is 65.7 Å². The summed E-state index contributed by atoms with van der Waals surface area (Å²) in [6.07, 6.45) is 3.04. The van der Waals surface area contributed by atoms with E-state index in [9.17, 15) is 14.7 Å². The van der Waals surface area contributed by atoms with E-state index in [1.54, 1.807) is 11.0 Å². The summed E-state index contributed by atoms with van der Waals surface area (Å²) < 4.78 is 10.8. The van der Waals surface area contributed by atoms with Crippen LogP contribution in [0.5, 0.6) is 11.5 Å². The lowest BCUT2D eigenvalue weighted by molar-refractivity contribution is -0.138. The molecule has 1 fully saturated rings. The lowest BCUT2D eigenvalue weighted by Crippen LogP contribution is -2.55. The predicted molar refractivity (Wildman–Crippen MR) is 119 cm³/mol. The Labute approximate surface area is 187 Å². The first-order valence-corrected chi connectivity index (χ1v) is 10.7. The van der Waals surface area contributed by atoms with Crippen molar-refractivity contribution in [1.82, 2.24) is 15.1 Å². The van der Waals surface area contributed by atoms with Gasteiger partial charge in [-0.1, -0.05) is 36.4 Å². The molecular weight excluding hydrogens is 410 g/mol. The highest BCUT2D eigenvalue weighted by Gasteiger charge is 2.28. The fourth-order valence-electron chi connectivity index (χ4n) is 3.79. The highest BCUT2D eigenvalue weighted by molar-refractivity contribution is 5.95. The van der Waals surface area contributed by atoms with E-state index in [2.05, 4.69) is 10.2 Å². The molecule has 1 saturated heterocycles. The number of carbonyl (C=O) groups excluding carboxylic acids is 2. The first kappa shape index (κ1) is 21.9. The summed E-state index contributed by atoms with van der Waals surface area (Å²) in [5.41, 5.74) is 2.01. The van der Waals surface area contributed by atoms with Crippen molar-refractivity contribution in [2.75, 3.05) is 39.6 Å². The predicted octanol–water partition coefficient (Wildman–Crippen LogP) is 1.25. The number of amides is 2. The molecular formula is C24H27N3O5. The van der Waals surface area contributed by atoms with E-state index in [0.717, 1.165) is 29.2 Å². The van der Waals surface area contributed by atoms with Gasteiger partial charge < -0.3 is 24.8 Å². The quantitative estimate of drug-likeness (QED) is 0.634. The summed E-state index contributed by atoms with van der Waals surface area (Å²) in [6.45, 7) is 3.06. The number of benzene rings is 2. The monoisotopic (exact) mass is 437 g/mol. The third-order valence-corrected chi connectivity index (χ3v) is 5.55. The van der Waals surface area contributed by atoms with E-state index in [1.165, 1.54) is 6.08 Å². The number of aliphatic hydroxyl groups is 1. The fraction of sp³-hybridized carbons (Fsp3) is 0.333. The van der Waals surface area contributed by atoms with Crippen LogP contribution in [-0.4, -0.2) is 72.3 Å². The minimum atomic E-state index is -0.955. The summed E-state index contributed by atoms with van der Waals surface area (Å²) in [5, 5.41) is 12.3. The van der Waals surface area contributed by atoms with Gasteiger partial charge in [0.1, 0.15) is 6.04 Å². The SMILES string of the molecule is O=C(C=Cc1ccccc1)NC(CO)C(=O)N1CCN(Cc2ccc3c(c2)OCO3)CC1. The molecule has 1 atom stereocenters. The molecule has 4 rings (SSSR count). The molecule has 2 amide bonds. The van der Waals surface area contributed by atoms with Crippen LogP contribution in [0.15, 0.2) is 54.6 Å². The summed E-state index contributed by atoms with van der Waals surface area (Å²) in [4.78, 5) is 29.0. The Kier molecular flexibility index (Phi) is 7.03. The third kappa shape index (κ3) is 5.46. The minimum Gasteiger partial charge on any atom is -0.454 e. The average Bonchev–Trinajstić information content (AvgIpc) is 3.30. The Morgan fingerprint density at radius 3 is 2.53 bits per heavy atom. The summed E-state index contributed by atoms with van der Waals surface area (Å²) in [6, 6.07) is 14.4. The highest BCUT2D eigenvalue weighted by Crippen LogP contribution is 2.32. The zero-order valence-corrected chi connectivity index (χ0v) is 17.8. The van der Waals surface area contributed by atoms with Crippen molar-refractivity contribution in [3.8, 4) is 11.5 Å². The molecule has 2 aromatic carbocycles. The first-order valence-electron chi connectivity index (χ1n) is 10.7. The Morgan fingerprint density at radius 1 is 1.03 bits per heavy atom. The molecule has 2 heterocycles. The van der Waals surface area contributed by atoms with Crippen molar-refractivity contribution in [3.63, 3.8) is 0 Å². The smallest absolute Gasteiger partial charge is 0.247 e. The number of hydrogen-bond donors (Lipinski definition) is 2. The van der Waals surface area contributed by atoms with Crippen molar-refractivity contribution in [2.45, 2.75) is 12.6 Å². The number of hydrogen-bond acceptors (Lipinski definition) is 6. The van der Waals surface area contributed by atoms with Crippen molar-refractivity contribution in [1.29, 1.82) is 0 Å². The zero-order valence-electron chi connectivity index (χ0n) is 17.8. The lowest BCUT2D eigenvalue weighted by Gasteiger charge is -2.36. The van der Waals surface area contributed by atoms with Gasteiger partial charge in [0.15, 0.2) is 11.5 Å². The first-order chi connectivity index (χ1) is 15.6. The number of nitrogens with one attached hydrogen (secondary N) is 1. The van der Waals surface area contributed by atoms with Gasteiger partial charge in [-0.15, -0.1) is 0 Å². The van der Waals surface area contributed by atoms with E-state index < -0.39 is 18.6 Å². The van der Waals surface area contributed by atoms with Crippen LogP contribution in [0.25, 0.3) is 6.08 Å². The molecule has 2 aromatic rings. The molecule has 0 bridgehead atoms. The van der Waals surface area contributed by atoms with Crippen LogP contribution >= 0.6 is 0 Å². The van der Waals surface area contributed by atoms with Crippen LogP contribution in [0, 0.1) is 0 Å². The number of aliphatic hydroxyl groups excluding tert-OH is 1. The van der Waals surface area contributed by atoms with Gasteiger partial charge in [-0.05, 0) is 29.3 Å². The maximum Gasteiger partial charge on any atom is 0.247 e. The van der Waals surface area contributed by atoms with Crippen molar-refractivity contribution in [2.24, 2.45) is 0 Å². The maximum absolute atomic E-state index is 12.8. The molecule has 0 radical (unpaired) electrons. The second kappa shape index (κ2) is 10.3. The van der Waals surface area contributed by atoms with Crippen LogP contribution < -0.4 is 14.8 Å². The minimum absolute atomic E-state index is 0.254. The van der Waals surface area contributed by atoms with Crippen molar-refractivity contribution < 1.29 is 24.2 Å². The van der Waals surface area contributed by atoms with Crippen LogP contribution in [0.3, 0.4) is 0 Å². The lowest BCUT2D eigenvalue weighted by atomic mass is 10.1. The number of fused-ring (bicyclic) bond motifs is 1. The van der Waals surface area contributed by atoms with E-state index in [4.69, 9.17) is 9.47 Å². The molecule has 32 heavy (non-hydrogen) atoms. The van der Waals surface area contributed by atoms with Gasteiger partial charge in [-0.25, -0.2) is 0 Å². The number of ether oxygens (including phenoxy) is 2. The van der Waals surface area contributed by atoms with Gasteiger partial charge in [-0.3, -0.25) is 14.5 Å². The van der Waals surface area contributed by atoms with Crippen LogP contribution in [0.4, 0.5) is 0 Å². The highest BCUT2D eigenvalue weighted by atomic mass is 16.7. The standard InChI is InChI=1S/C24H27N3O5/c28-16-20(25-23(29)9-7-18-4-2-1-3-5-18)24(30)27-12-10-26(11-13-27)15-19-6-8-21-22(14-19)32-17-31-21/h1-9,14,20,28H,10-13,15-17H2,(H,25,29). The van der Waals surface area contributed by atoms with Crippen LogP contribution in [0.1, 0.15) is 11.1 Å². The molecule has 8 heteroatoms. The number of carbonyl (C=O) groups is 2. The fourth-order valence-corrected chi connectivity index (χ4v) is 3.79. The molecule has 1 unspecified atom stereocenters. The number of rotatable bonds is 7. The topological polar surface area (TPSA) is 91.3 Å². The Hall–Kier alpha value is -3.36. The summed E-state index contributed by atoms with van der Waals surface area (Å²) in [5.74, 6) is 0.846. The molecule has 2 aliphatic rings. The molecule has 2 aliphatic heterocycles. The van der Waals surface area contributed by atoms with Crippen LogP contribution in [0.2, 0.25) is 0 Å². The number of nitrogens with zero attached hydrogens (tertiary/aromatic N) is 2. The molecule has 2 N–H and O–H groups in total. The molecule has 168 valence electrons. The molecule has 0 spiro atoms. The molecule has 0 saturated carbocycles. The Bertz CT molecular complexity index is 971. The maximum atomic E-state index is 12.8. The van der Waals surface area contributed by atoms with Gasteiger partial charge in [0.05, 0.1) is 6.61 Å². The van der Waals surface area contributed by atoms with Gasteiger partial charge in [0, 0.05) is 38.8 Å². The summed E-state index contributed by atoms with van der Waals surface area (Å²) in [7, 11) is 0. The largest absolute Gasteiger partial charge is 0.454 e. The van der Waals surface area contributed by atoms with Gasteiger partial charge in [-0.2, -0.15) is 0 Å². The molecule has 0 aromatic heterocycles. The van der Waals surface area contributed by atoms with E-state index in [1.807, 2.05) is 48.5 Å². The number of piperazine rings is 1.